The molecule has 17 heavy (non-hydrogen) atoms. The van der Waals surface area contributed by atoms with Gasteiger partial charge in [-0.05, 0) is 25.5 Å². The lowest BCUT2D eigenvalue weighted by atomic mass is 10.1. The lowest BCUT2D eigenvalue weighted by molar-refractivity contribution is 0.0781. The van der Waals surface area contributed by atoms with Gasteiger partial charge in [0.15, 0.2) is 0 Å². The predicted molar refractivity (Wildman–Crippen MR) is 66.1 cm³/mol. The van der Waals surface area contributed by atoms with E-state index in [1.54, 1.807) is 17.2 Å². The summed E-state index contributed by atoms with van der Waals surface area (Å²) in [6, 6.07) is 2.21. The van der Waals surface area contributed by atoms with Crippen molar-refractivity contribution in [2.45, 2.75) is 32.2 Å². The van der Waals surface area contributed by atoms with E-state index in [2.05, 4.69) is 5.32 Å². The van der Waals surface area contributed by atoms with Gasteiger partial charge < -0.3 is 14.6 Å². The zero-order valence-electron chi connectivity index (χ0n) is 10.5. The number of amides is 1. The van der Waals surface area contributed by atoms with E-state index in [9.17, 15) is 4.79 Å². The second-order valence-corrected chi connectivity index (χ2v) is 4.59. The van der Waals surface area contributed by atoms with Crippen molar-refractivity contribution >= 4 is 5.91 Å². The fourth-order valence-corrected chi connectivity index (χ4v) is 2.34. The summed E-state index contributed by atoms with van der Waals surface area (Å²) >= 11 is 0. The molecule has 2 rings (SSSR count). The van der Waals surface area contributed by atoms with Crippen molar-refractivity contribution in [2.75, 3.05) is 20.1 Å². The van der Waals surface area contributed by atoms with E-state index >= 15 is 0 Å². The van der Waals surface area contributed by atoms with Gasteiger partial charge in [0.05, 0.1) is 11.8 Å². The molecule has 2 heterocycles. The Bertz CT molecular complexity index is 381. The zero-order chi connectivity index (χ0) is 12.3. The average molecular weight is 236 g/mol. The molecule has 0 spiro atoms. The third kappa shape index (κ3) is 2.69. The van der Waals surface area contributed by atoms with Gasteiger partial charge in [-0.25, -0.2) is 0 Å². The van der Waals surface area contributed by atoms with Gasteiger partial charge in [0.2, 0.25) is 0 Å². The monoisotopic (exact) mass is 236 g/mol. The van der Waals surface area contributed by atoms with Crippen LogP contribution in [0.5, 0.6) is 0 Å². The highest BCUT2D eigenvalue weighted by atomic mass is 16.3. The number of nitrogens with zero attached hydrogens (tertiary/aromatic N) is 1. The molecule has 1 amide bonds. The van der Waals surface area contributed by atoms with Crippen molar-refractivity contribution in [1.29, 1.82) is 0 Å². The van der Waals surface area contributed by atoms with Crippen LogP contribution in [0.25, 0.3) is 0 Å². The number of likely N-dealkylation sites (N-methyl/N-ethyl adjacent to an activating group) is 1. The molecule has 1 aliphatic rings. The molecule has 1 fully saturated rings. The second kappa shape index (κ2) is 5.36. The molecule has 4 heteroatoms. The maximum absolute atomic E-state index is 12.2. The summed E-state index contributed by atoms with van der Waals surface area (Å²) < 4.78 is 5.29. The molecule has 1 aromatic heterocycles. The Labute approximate surface area is 102 Å². The summed E-state index contributed by atoms with van der Waals surface area (Å²) in [5, 5.41) is 3.40. The molecule has 4 nitrogen and oxygen atoms in total. The Kier molecular flexibility index (Phi) is 3.84. The number of carbonyl (C=O) groups excluding carboxylic acids is 1. The number of hydrogen-bond acceptors (Lipinski definition) is 3. The first-order chi connectivity index (χ1) is 8.22. The minimum Gasteiger partial charge on any atom is -0.469 e. The van der Waals surface area contributed by atoms with E-state index in [0.29, 0.717) is 11.6 Å². The summed E-state index contributed by atoms with van der Waals surface area (Å²) in [6.07, 6.45) is 4.71. The Hall–Kier alpha value is -1.29. The normalized spacial score (nSPS) is 19.5. The molecule has 0 aliphatic carbocycles. The molecule has 1 unspecified atom stereocenters. The van der Waals surface area contributed by atoms with Crippen molar-refractivity contribution < 1.29 is 9.21 Å². The van der Waals surface area contributed by atoms with E-state index < -0.39 is 0 Å². The van der Waals surface area contributed by atoms with E-state index in [1.165, 1.54) is 6.42 Å². The van der Waals surface area contributed by atoms with Crippen LogP contribution in [0.2, 0.25) is 0 Å². The van der Waals surface area contributed by atoms with Crippen LogP contribution in [0.15, 0.2) is 16.7 Å². The molecular weight excluding hydrogens is 216 g/mol. The van der Waals surface area contributed by atoms with E-state index in [0.717, 1.165) is 31.7 Å². The molecule has 0 radical (unpaired) electrons. The van der Waals surface area contributed by atoms with Crippen molar-refractivity contribution in [3.8, 4) is 0 Å². The highest BCUT2D eigenvalue weighted by Crippen LogP contribution is 2.14. The number of hydrogen-bond donors (Lipinski definition) is 1. The fourth-order valence-electron chi connectivity index (χ4n) is 2.34. The number of carbonyl (C=O) groups is 1. The molecule has 0 saturated carbocycles. The summed E-state index contributed by atoms with van der Waals surface area (Å²) in [6.45, 7) is 3.83. The van der Waals surface area contributed by atoms with Gasteiger partial charge in [-0.3, -0.25) is 4.79 Å². The number of furan rings is 1. The van der Waals surface area contributed by atoms with E-state index in [1.807, 2.05) is 14.0 Å². The lowest BCUT2D eigenvalue weighted by Gasteiger charge is -2.21. The van der Waals surface area contributed by atoms with Crippen LogP contribution in [-0.2, 0) is 6.42 Å². The molecule has 94 valence electrons. The largest absolute Gasteiger partial charge is 0.469 e. The average Bonchev–Trinajstić information content (AvgIpc) is 2.97. The van der Waals surface area contributed by atoms with Crippen LogP contribution >= 0.6 is 0 Å². The first kappa shape index (κ1) is 12.2. The van der Waals surface area contributed by atoms with Crippen LogP contribution in [-0.4, -0.2) is 37.0 Å². The molecule has 1 aliphatic heterocycles. The van der Waals surface area contributed by atoms with E-state index in [4.69, 9.17) is 4.42 Å². The second-order valence-electron chi connectivity index (χ2n) is 4.59. The molecule has 1 atom stereocenters. The van der Waals surface area contributed by atoms with Gasteiger partial charge in [-0.1, -0.05) is 6.92 Å². The van der Waals surface area contributed by atoms with Crippen molar-refractivity contribution in [2.24, 2.45) is 0 Å². The predicted octanol–water partition coefficient (Wildman–Crippen LogP) is 1.67. The van der Waals surface area contributed by atoms with Gasteiger partial charge in [-0.2, -0.15) is 0 Å². The fraction of sp³-hybridized carbons (Fsp3) is 0.615. The molecular formula is C13H20N2O2. The van der Waals surface area contributed by atoms with Crippen LogP contribution in [0.4, 0.5) is 0 Å². The summed E-state index contributed by atoms with van der Waals surface area (Å²) in [5.41, 5.74) is 0.702. The first-order valence-electron chi connectivity index (χ1n) is 6.27. The molecule has 1 saturated heterocycles. The third-order valence-electron chi connectivity index (χ3n) is 3.30. The Morgan fingerprint density at radius 3 is 3.12 bits per heavy atom. The van der Waals surface area contributed by atoms with Crippen molar-refractivity contribution in [3.05, 3.63) is 23.7 Å². The summed E-state index contributed by atoms with van der Waals surface area (Å²) in [4.78, 5) is 14.0. The Balaban J connectivity index is 1.98. The summed E-state index contributed by atoms with van der Waals surface area (Å²) in [5.74, 6) is 0.838. The SMILES string of the molecule is CCc1occc1C(=O)N(C)CC1CCCN1. The highest BCUT2D eigenvalue weighted by molar-refractivity contribution is 5.95. The zero-order valence-corrected chi connectivity index (χ0v) is 10.5. The van der Waals surface area contributed by atoms with Crippen LogP contribution in [0, 0.1) is 0 Å². The van der Waals surface area contributed by atoms with Crippen LogP contribution in [0.3, 0.4) is 0 Å². The van der Waals surface area contributed by atoms with Gasteiger partial charge in [0.25, 0.3) is 5.91 Å². The summed E-state index contributed by atoms with van der Waals surface area (Å²) in [7, 11) is 1.86. The highest BCUT2D eigenvalue weighted by Gasteiger charge is 2.22. The maximum Gasteiger partial charge on any atom is 0.257 e. The Morgan fingerprint density at radius 1 is 1.65 bits per heavy atom. The topological polar surface area (TPSA) is 45.5 Å². The Morgan fingerprint density at radius 2 is 2.47 bits per heavy atom. The smallest absolute Gasteiger partial charge is 0.257 e. The van der Waals surface area contributed by atoms with Crippen LogP contribution in [0.1, 0.15) is 35.9 Å². The quantitative estimate of drug-likeness (QED) is 0.865. The minimum absolute atomic E-state index is 0.0595. The van der Waals surface area contributed by atoms with Gasteiger partial charge in [-0.15, -0.1) is 0 Å². The number of aryl methyl sites for hydroxylation is 1. The lowest BCUT2D eigenvalue weighted by Crippen LogP contribution is -2.38. The third-order valence-corrected chi connectivity index (χ3v) is 3.30. The molecule has 0 bridgehead atoms. The number of rotatable bonds is 4. The standard InChI is InChI=1S/C13H20N2O2/c1-3-12-11(6-8-17-12)13(16)15(2)9-10-5-4-7-14-10/h6,8,10,14H,3-5,7,9H2,1-2H3. The van der Waals surface area contributed by atoms with E-state index in [-0.39, 0.29) is 5.91 Å². The molecule has 0 aromatic carbocycles. The van der Waals surface area contributed by atoms with Crippen molar-refractivity contribution in [3.63, 3.8) is 0 Å². The van der Waals surface area contributed by atoms with Gasteiger partial charge in [0, 0.05) is 26.1 Å². The minimum atomic E-state index is 0.0595. The van der Waals surface area contributed by atoms with Crippen LogP contribution < -0.4 is 5.32 Å². The van der Waals surface area contributed by atoms with Gasteiger partial charge in [0.1, 0.15) is 5.76 Å². The molecule has 1 N–H and O–H groups in total. The first-order valence-corrected chi connectivity index (χ1v) is 6.27. The van der Waals surface area contributed by atoms with Gasteiger partial charge >= 0.3 is 0 Å². The maximum atomic E-state index is 12.2. The molecule has 1 aromatic rings. The number of nitrogens with one attached hydrogen (secondary N) is 1. The van der Waals surface area contributed by atoms with Crippen molar-refractivity contribution in [1.82, 2.24) is 10.2 Å².